The molecule has 2 aromatic rings. The number of amides is 1. The number of nitrogens with zero attached hydrogens (tertiary/aromatic N) is 1. The highest BCUT2D eigenvalue weighted by molar-refractivity contribution is 5.82. The number of carbonyl (C=O) groups excluding carboxylic acids is 1. The second-order valence-electron chi connectivity index (χ2n) is 7.02. The van der Waals surface area contributed by atoms with E-state index in [2.05, 4.69) is 10.2 Å². The van der Waals surface area contributed by atoms with Gasteiger partial charge in [0.05, 0.1) is 6.04 Å². The molecule has 1 heterocycles. The van der Waals surface area contributed by atoms with Crippen LogP contribution in [0.5, 0.6) is 0 Å². The van der Waals surface area contributed by atoms with Gasteiger partial charge in [-0.2, -0.15) is 0 Å². The van der Waals surface area contributed by atoms with Crippen molar-refractivity contribution in [1.29, 1.82) is 0 Å². The molecule has 5 heteroatoms. The maximum atomic E-state index is 13.3. The monoisotopic (exact) mass is 355 g/mol. The molecule has 1 amide bonds. The van der Waals surface area contributed by atoms with Crippen LogP contribution in [0.1, 0.15) is 24.0 Å². The first-order chi connectivity index (χ1) is 12.5. The Bertz CT molecular complexity index is 750. The van der Waals surface area contributed by atoms with Crippen molar-refractivity contribution in [1.82, 2.24) is 5.32 Å². The van der Waals surface area contributed by atoms with E-state index < -0.39 is 6.04 Å². The molecule has 0 spiro atoms. The second-order valence-corrected chi connectivity index (χ2v) is 7.02. The van der Waals surface area contributed by atoms with Gasteiger partial charge in [0.25, 0.3) is 0 Å². The molecular weight excluding hydrogens is 329 g/mol. The molecule has 2 unspecified atom stereocenters. The highest BCUT2D eigenvalue weighted by atomic mass is 19.1. The summed E-state index contributed by atoms with van der Waals surface area (Å²) in [7, 11) is 0. The molecule has 1 aliphatic heterocycles. The quantitative estimate of drug-likeness (QED) is 0.867. The van der Waals surface area contributed by atoms with Gasteiger partial charge in [-0.3, -0.25) is 4.79 Å². The maximum Gasteiger partial charge on any atom is 0.237 e. The number of piperidine rings is 1. The molecule has 1 fully saturated rings. The zero-order chi connectivity index (χ0) is 18.5. The van der Waals surface area contributed by atoms with E-state index in [0.29, 0.717) is 6.42 Å². The number of aryl methyl sites for hydroxylation is 1. The van der Waals surface area contributed by atoms with Crippen LogP contribution in [-0.4, -0.2) is 31.1 Å². The molecule has 3 N–H and O–H groups in total. The van der Waals surface area contributed by atoms with E-state index in [1.54, 1.807) is 6.07 Å². The molecular formula is C21H26FN3O. The van der Waals surface area contributed by atoms with E-state index >= 15 is 0 Å². The number of hydrogen-bond acceptors (Lipinski definition) is 3. The van der Waals surface area contributed by atoms with Crippen LogP contribution in [-0.2, 0) is 11.2 Å². The minimum Gasteiger partial charge on any atom is -0.369 e. The van der Waals surface area contributed by atoms with Gasteiger partial charge in [-0.05, 0) is 55.5 Å². The standard InChI is InChI=1S/C21H26FN3O/c1-15-12-17(22)9-10-20(15)25-11-5-8-18(14-25)24-21(26)19(23)13-16-6-3-2-4-7-16/h2-4,6-7,9-10,12,18-19H,5,8,11,13-14,23H2,1H3,(H,24,26). The lowest BCUT2D eigenvalue weighted by molar-refractivity contribution is -0.123. The molecule has 4 nitrogen and oxygen atoms in total. The Hall–Kier alpha value is -2.40. The summed E-state index contributed by atoms with van der Waals surface area (Å²) in [5, 5.41) is 3.09. The normalized spacial score (nSPS) is 18.4. The van der Waals surface area contributed by atoms with Crippen LogP contribution in [0.2, 0.25) is 0 Å². The summed E-state index contributed by atoms with van der Waals surface area (Å²) in [6.07, 6.45) is 2.44. The van der Waals surface area contributed by atoms with E-state index in [1.165, 1.54) is 6.07 Å². The minimum atomic E-state index is -0.555. The highest BCUT2D eigenvalue weighted by Crippen LogP contribution is 2.24. The predicted molar refractivity (Wildman–Crippen MR) is 103 cm³/mol. The lowest BCUT2D eigenvalue weighted by Crippen LogP contribution is -2.52. The zero-order valence-electron chi connectivity index (χ0n) is 15.1. The Kier molecular flexibility index (Phi) is 5.89. The molecule has 0 saturated carbocycles. The SMILES string of the molecule is Cc1cc(F)ccc1N1CCCC(NC(=O)C(N)Cc2ccccc2)C1. The predicted octanol–water partition coefficient (Wildman–Crippen LogP) is 2.79. The molecule has 1 aliphatic rings. The zero-order valence-corrected chi connectivity index (χ0v) is 15.1. The molecule has 2 atom stereocenters. The Morgan fingerprint density at radius 3 is 2.81 bits per heavy atom. The number of halogens is 1. The molecule has 0 aliphatic carbocycles. The summed E-state index contributed by atoms with van der Waals surface area (Å²) in [4.78, 5) is 14.7. The van der Waals surface area contributed by atoms with E-state index in [1.807, 2.05) is 43.3 Å². The van der Waals surface area contributed by atoms with Crippen molar-refractivity contribution in [2.45, 2.75) is 38.3 Å². The molecule has 138 valence electrons. The van der Waals surface area contributed by atoms with Gasteiger partial charge < -0.3 is 16.0 Å². The number of nitrogens with one attached hydrogen (secondary N) is 1. The number of hydrogen-bond donors (Lipinski definition) is 2. The van der Waals surface area contributed by atoms with Crippen LogP contribution in [0.4, 0.5) is 10.1 Å². The molecule has 0 radical (unpaired) electrons. The fraction of sp³-hybridized carbons (Fsp3) is 0.381. The average Bonchev–Trinajstić information content (AvgIpc) is 2.62. The van der Waals surface area contributed by atoms with Crippen LogP contribution < -0.4 is 16.0 Å². The Morgan fingerprint density at radius 1 is 1.31 bits per heavy atom. The van der Waals surface area contributed by atoms with Crippen LogP contribution in [0, 0.1) is 12.7 Å². The third kappa shape index (κ3) is 4.61. The van der Waals surface area contributed by atoms with Crippen LogP contribution in [0.3, 0.4) is 0 Å². The van der Waals surface area contributed by atoms with E-state index in [0.717, 1.165) is 42.7 Å². The average molecular weight is 355 g/mol. The number of carbonyl (C=O) groups is 1. The van der Waals surface area contributed by atoms with Gasteiger partial charge in [-0.1, -0.05) is 30.3 Å². The largest absolute Gasteiger partial charge is 0.369 e. The fourth-order valence-corrected chi connectivity index (χ4v) is 3.56. The Balaban J connectivity index is 1.58. The Labute approximate surface area is 154 Å². The van der Waals surface area contributed by atoms with Crippen molar-refractivity contribution in [3.63, 3.8) is 0 Å². The number of rotatable bonds is 5. The highest BCUT2D eigenvalue weighted by Gasteiger charge is 2.24. The fourth-order valence-electron chi connectivity index (χ4n) is 3.56. The second kappa shape index (κ2) is 8.32. The first kappa shape index (κ1) is 18.4. The van der Waals surface area contributed by atoms with Gasteiger partial charge in [-0.15, -0.1) is 0 Å². The van der Waals surface area contributed by atoms with Crippen molar-refractivity contribution in [2.24, 2.45) is 5.73 Å². The van der Waals surface area contributed by atoms with Gasteiger partial charge in [0, 0.05) is 24.8 Å². The first-order valence-electron chi connectivity index (χ1n) is 9.14. The van der Waals surface area contributed by atoms with E-state index in [9.17, 15) is 9.18 Å². The summed E-state index contributed by atoms with van der Waals surface area (Å²) in [6.45, 7) is 3.54. The third-order valence-electron chi connectivity index (χ3n) is 4.90. The van der Waals surface area contributed by atoms with E-state index in [-0.39, 0.29) is 17.8 Å². The molecule has 3 rings (SSSR count). The third-order valence-corrected chi connectivity index (χ3v) is 4.90. The lowest BCUT2D eigenvalue weighted by Gasteiger charge is -2.36. The molecule has 0 aromatic heterocycles. The minimum absolute atomic E-state index is 0.0579. The molecule has 0 bridgehead atoms. The smallest absolute Gasteiger partial charge is 0.237 e. The van der Waals surface area contributed by atoms with Gasteiger partial charge in [-0.25, -0.2) is 4.39 Å². The van der Waals surface area contributed by atoms with Gasteiger partial charge in [0.2, 0.25) is 5.91 Å². The van der Waals surface area contributed by atoms with Gasteiger partial charge in [0.1, 0.15) is 5.82 Å². The van der Waals surface area contributed by atoms with Gasteiger partial charge in [0.15, 0.2) is 0 Å². The Morgan fingerprint density at radius 2 is 2.08 bits per heavy atom. The van der Waals surface area contributed by atoms with E-state index in [4.69, 9.17) is 5.73 Å². The number of anilines is 1. The van der Waals surface area contributed by atoms with Crippen molar-refractivity contribution >= 4 is 11.6 Å². The van der Waals surface area contributed by atoms with Crippen molar-refractivity contribution < 1.29 is 9.18 Å². The lowest BCUT2D eigenvalue weighted by atomic mass is 10.0. The first-order valence-corrected chi connectivity index (χ1v) is 9.14. The van der Waals surface area contributed by atoms with Crippen LogP contribution in [0.15, 0.2) is 48.5 Å². The number of nitrogens with two attached hydrogens (primary N) is 1. The van der Waals surface area contributed by atoms with Crippen LogP contribution >= 0.6 is 0 Å². The maximum absolute atomic E-state index is 13.3. The summed E-state index contributed by atoms with van der Waals surface area (Å²) < 4.78 is 13.3. The summed E-state index contributed by atoms with van der Waals surface area (Å²) in [6, 6.07) is 14.2. The van der Waals surface area contributed by atoms with Gasteiger partial charge >= 0.3 is 0 Å². The summed E-state index contributed by atoms with van der Waals surface area (Å²) in [5.74, 6) is -0.337. The summed E-state index contributed by atoms with van der Waals surface area (Å²) >= 11 is 0. The van der Waals surface area contributed by atoms with Crippen molar-refractivity contribution in [2.75, 3.05) is 18.0 Å². The topological polar surface area (TPSA) is 58.4 Å². The van der Waals surface area contributed by atoms with Crippen LogP contribution in [0.25, 0.3) is 0 Å². The molecule has 26 heavy (non-hydrogen) atoms. The summed E-state index contributed by atoms with van der Waals surface area (Å²) in [5.41, 5.74) is 9.08. The molecule has 1 saturated heterocycles. The molecule has 2 aromatic carbocycles. The number of benzene rings is 2. The van der Waals surface area contributed by atoms with Crippen molar-refractivity contribution in [3.8, 4) is 0 Å². The van der Waals surface area contributed by atoms with Crippen molar-refractivity contribution in [3.05, 3.63) is 65.5 Å².